The summed E-state index contributed by atoms with van der Waals surface area (Å²) in [6.07, 6.45) is 4.35. The molecule has 168 valence electrons. The minimum atomic E-state index is -0.913. The maximum atomic E-state index is 12.4. The van der Waals surface area contributed by atoms with E-state index in [9.17, 15) is 4.79 Å². The van der Waals surface area contributed by atoms with E-state index in [1.165, 1.54) is 4.88 Å². The number of hydrogen-bond acceptors (Lipinski definition) is 7. The van der Waals surface area contributed by atoms with Gasteiger partial charge in [-0.2, -0.15) is 0 Å². The summed E-state index contributed by atoms with van der Waals surface area (Å²) in [5, 5.41) is 1.04. The molecule has 0 saturated carbocycles. The molecular weight excluding hydrogens is 424 g/mol. The van der Waals surface area contributed by atoms with Gasteiger partial charge in [-0.15, -0.1) is 11.3 Å². The first kappa shape index (κ1) is 22.4. The summed E-state index contributed by atoms with van der Waals surface area (Å²) in [6.45, 7) is 5.34. The standard InChI is InChI=1S/C25H28N2O4S/c1-3-29-24(28)25(13-7-14-31-25)16-20-10-11-21(17-26-20)30-15-12-22-18(2)32-23(27-22)19-8-5-4-6-9-19/h4-6,8-11,17H,3,7,12-16H2,1-2H3. The van der Waals surface area contributed by atoms with Crippen molar-refractivity contribution in [2.75, 3.05) is 19.8 Å². The lowest BCUT2D eigenvalue weighted by molar-refractivity contribution is -0.166. The Hall–Kier alpha value is -2.77. The predicted molar refractivity (Wildman–Crippen MR) is 124 cm³/mol. The van der Waals surface area contributed by atoms with E-state index in [0.717, 1.165) is 34.8 Å². The number of aromatic nitrogens is 2. The summed E-state index contributed by atoms with van der Waals surface area (Å²) in [5.74, 6) is 0.399. The Kier molecular flexibility index (Phi) is 7.17. The highest BCUT2D eigenvalue weighted by molar-refractivity contribution is 7.15. The van der Waals surface area contributed by atoms with Gasteiger partial charge >= 0.3 is 5.97 Å². The summed E-state index contributed by atoms with van der Waals surface area (Å²) in [6, 6.07) is 14.0. The SMILES string of the molecule is CCOC(=O)C1(Cc2ccc(OCCc3nc(-c4ccccc4)sc3C)cn2)CCCO1. The summed E-state index contributed by atoms with van der Waals surface area (Å²) < 4.78 is 16.9. The molecule has 1 fully saturated rings. The van der Waals surface area contributed by atoms with Gasteiger partial charge in [0.2, 0.25) is 0 Å². The molecule has 0 radical (unpaired) electrons. The molecule has 1 unspecified atom stereocenters. The lowest BCUT2D eigenvalue weighted by Gasteiger charge is -2.25. The monoisotopic (exact) mass is 452 g/mol. The Morgan fingerprint density at radius 2 is 2.06 bits per heavy atom. The Labute approximate surface area is 192 Å². The topological polar surface area (TPSA) is 70.5 Å². The second-order valence-corrected chi connectivity index (χ2v) is 9.02. The molecule has 3 aromatic rings. The van der Waals surface area contributed by atoms with Crippen molar-refractivity contribution in [2.45, 2.75) is 45.1 Å². The quantitative estimate of drug-likeness (QED) is 0.435. The van der Waals surface area contributed by atoms with Gasteiger partial charge in [0.05, 0.1) is 25.1 Å². The van der Waals surface area contributed by atoms with Gasteiger partial charge in [-0.05, 0) is 38.8 Å². The van der Waals surface area contributed by atoms with E-state index in [1.807, 2.05) is 30.3 Å². The average molecular weight is 453 g/mol. The smallest absolute Gasteiger partial charge is 0.338 e. The fourth-order valence-electron chi connectivity index (χ4n) is 3.86. The minimum Gasteiger partial charge on any atom is -0.492 e. The van der Waals surface area contributed by atoms with Crippen LogP contribution in [-0.2, 0) is 27.1 Å². The van der Waals surface area contributed by atoms with Crippen molar-refractivity contribution in [3.63, 3.8) is 0 Å². The van der Waals surface area contributed by atoms with Gasteiger partial charge < -0.3 is 14.2 Å². The van der Waals surface area contributed by atoms with Crippen molar-refractivity contribution in [2.24, 2.45) is 0 Å². The lowest BCUT2D eigenvalue weighted by atomic mass is 9.94. The Morgan fingerprint density at radius 1 is 1.22 bits per heavy atom. The first-order valence-corrected chi connectivity index (χ1v) is 11.8. The number of carbonyl (C=O) groups excluding carboxylic acids is 1. The largest absolute Gasteiger partial charge is 0.492 e. The average Bonchev–Trinajstić information content (AvgIpc) is 3.43. The Morgan fingerprint density at radius 3 is 2.75 bits per heavy atom. The fourth-order valence-corrected chi connectivity index (χ4v) is 4.82. The highest BCUT2D eigenvalue weighted by atomic mass is 32.1. The van der Waals surface area contributed by atoms with Crippen molar-refractivity contribution < 1.29 is 19.0 Å². The van der Waals surface area contributed by atoms with E-state index >= 15 is 0 Å². The number of rotatable bonds is 9. The molecule has 2 aromatic heterocycles. The first-order chi connectivity index (χ1) is 15.6. The van der Waals surface area contributed by atoms with Crippen LogP contribution in [0.5, 0.6) is 5.75 Å². The highest BCUT2D eigenvalue weighted by Gasteiger charge is 2.44. The highest BCUT2D eigenvalue weighted by Crippen LogP contribution is 2.31. The van der Waals surface area contributed by atoms with Gasteiger partial charge in [-0.1, -0.05) is 30.3 Å². The second kappa shape index (κ2) is 10.2. The molecular formula is C25H28N2O4S. The van der Waals surface area contributed by atoms with Gasteiger partial charge in [-0.3, -0.25) is 4.98 Å². The van der Waals surface area contributed by atoms with Crippen molar-refractivity contribution in [1.29, 1.82) is 0 Å². The van der Waals surface area contributed by atoms with Gasteiger partial charge in [0.1, 0.15) is 10.8 Å². The zero-order chi connectivity index (χ0) is 22.4. The molecule has 1 aliphatic heterocycles. The molecule has 7 heteroatoms. The van der Waals surface area contributed by atoms with Crippen LogP contribution in [0.3, 0.4) is 0 Å². The molecule has 0 bridgehead atoms. The molecule has 0 spiro atoms. The van der Waals surface area contributed by atoms with Crippen LogP contribution in [0.25, 0.3) is 10.6 Å². The number of aryl methyl sites for hydroxylation is 1. The normalized spacial score (nSPS) is 17.9. The number of nitrogens with zero attached hydrogens (tertiary/aromatic N) is 2. The molecule has 3 heterocycles. The third-order valence-electron chi connectivity index (χ3n) is 5.54. The van der Waals surface area contributed by atoms with Crippen LogP contribution in [-0.4, -0.2) is 41.4 Å². The van der Waals surface area contributed by atoms with Crippen LogP contribution in [0.4, 0.5) is 0 Å². The number of esters is 1. The van der Waals surface area contributed by atoms with E-state index in [4.69, 9.17) is 19.2 Å². The lowest BCUT2D eigenvalue weighted by Crippen LogP contribution is -2.42. The van der Waals surface area contributed by atoms with E-state index in [-0.39, 0.29) is 5.97 Å². The van der Waals surface area contributed by atoms with E-state index in [1.54, 1.807) is 24.5 Å². The zero-order valence-corrected chi connectivity index (χ0v) is 19.3. The Bertz CT molecular complexity index is 1030. The summed E-state index contributed by atoms with van der Waals surface area (Å²) in [5.41, 5.74) is 2.08. The van der Waals surface area contributed by atoms with E-state index in [0.29, 0.717) is 38.4 Å². The molecule has 32 heavy (non-hydrogen) atoms. The van der Waals surface area contributed by atoms with Gasteiger partial charge in [0, 0.05) is 35.6 Å². The van der Waals surface area contributed by atoms with Crippen LogP contribution >= 0.6 is 11.3 Å². The minimum absolute atomic E-state index is 0.298. The van der Waals surface area contributed by atoms with Gasteiger partial charge in [-0.25, -0.2) is 9.78 Å². The number of ether oxygens (including phenoxy) is 3. The number of thiazole rings is 1. The molecule has 1 aliphatic rings. The maximum absolute atomic E-state index is 12.4. The molecule has 0 amide bonds. The summed E-state index contributed by atoms with van der Waals surface area (Å²) >= 11 is 1.71. The van der Waals surface area contributed by atoms with Crippen LogP contribution in [0, 0.1) is 6.92 Å². The first-order valence-electron chi connectivity index (χ1n) is 11.0. The van der Waals surface area contributed by atoms with Crippen molar-refractivity contribution in [1.82, 2.24) is 9.97 Å². The number of pyridine rings is 1. The maximum Gasteiger partial charge on any atom is 0.338 e. The molecule has 6 nitrogen and oxygen atoms in total. The molecule has 1 aromatic carbocycles. The summed E-state index contributed by atoms with van der Waals surface area (Å²) in [7, 11) is 0. The van der Waals surface area contributed by atoms with Crippen molar-refractivity contribution in [3.8, 4) is 16.3 Å². The van der Waals surface area contributed by atoms with E-state index < -0.39 is 5.60 Å². The molecule has 0 N–H and O–H groups in total. The predicted octanol–water partition coefficient (Wildman–Crippen LogP) is 4.79. The fraction of sp³-hybridized carbons (Fsp3) is 0.400. The number of benzene rings is 1. The van der Waals surface area contributed by atoms with Gasteiger partial charge in [0.15, 0.2) is 5.60 Å². The molecule has 0 aliphatic carbocycles. The number of hydrogen-bond donors (Lipinski definition) is 0. The van der Waals surface area contributed by atoms with Crippen molar-refractivity contribution >= 4 is 17.3 Å². The summed E-state index contributed by atoms with van der Waals surface area (Å²) in [4.78, 5) is 22.9. The van der Waals surface area contributed by atoms with Gasteiger partial charge in [0.25, 0.3) is 0 Å². The van der Waals surface area contributed by atoms with Crippen LogP contribution in [0.1, 0.15) is 36.0 Å². The van der Waals surface area contributed by atoms with Crippen molar-refractivity contribution in [3.05, 3.63) is 64.9 Å². The zero-order valence-electron chi connectivity index (χ0n) is 18.5. The second-order valence-electron chi connectivity index (χ2n) is 7.82. The van der Waals surface area contributed by atoms with E-state index in [2.05, 4.69) is 24.0 Å². The van der Waals surface area contributed by atoms with Crippen LogP contribution < -0.4 is 4.74 Å². The number of carbonyl (C=O) groups is 1. The molecule has 1 atom stereocenters. The third-order valence-corrected chi connectivity index (χ3v) is 6.60. The third kappa shape index (κ3) is 5.16. The molecule has 4 rings (SSSR count). The van der Waals surface area contributed by atoms with Crippen LogP contribution in [0.2, 0.25) is 0 Å². The Balaban J connectivity index is 1.33. The van der Waals surface area contributed by atoms with Crippen LogP contribution in [0.15, 0.2) is 48.7 Å². The molecule has 1 saturated heterocycles.